The lowest BCUT2D eigenvalue weighted by atomic mass is 10.1. The molecule has 0 aromatic carbocycles. The molecule has 3 N–H and O–H groups in total. The molecular formula is C8H15N3O. The average molecular weight is 169 g/mol. The third-order valence-electron chi connectivity index (χ3n) is 2.70. The number of hydrogen-bond acceptors (Lipinski definition) is 4. The van der Waals surface area contributed by atoms with Gasteiger partial charge < -0.3 is 15.7 Å². The summed E-state index contributed by atoms with van der Waals surface area (Å²) in [4.78, 5) is 6.08. The van der Waals surface area contributed by atoms with Crippen molar-refractivity contribution in [2.45, 2.75) is 44.5 Å². The van der Waals surface area contributed by atoms with E-state index in [1.54, 1.807) is 0 Å². The largest absolute Gasteiger partial charge is 0.374 e. The number of aliphatic imine (C=N–C) groups is 1. The van der Waals surface area contributed by atoms with Gasteiger partial charge >= 0.3 is 0 Å². The second-order valence-corrected chi connectivity index (χ2v) is 3.69. The van der Waals surface area contributed by atoms with Crippen LogP contribution in [0.25, 0.3) is 0 Å². The van der Waals surface area contributed by atoms with Gasteiger partial charge in [0.25, 0.3) is 0 Å². The molecule has 0 aliphatic carbocycles. The van der Waals surface area contributed by atoms with Crippen LogP contribution in [-0.2, 0) is 0 Å². The van der Waals surface area contributed by atoms with E-state index < -0.39 is 6.23 Å². The molecule has 0 amide bonds. The number of nitrogens with two attached hydrogens (primary N) is 1. The number of rotatable bonds is 0. The molecule has 0 saturated carbocycles. The van der Waals surface area contributed by atoms with Gasteiger partial charge in [0.05, 0.1) is 6.04 Å². The number of aliphatic hydroxyl groups is 1. The molecule has 1 fully saturated rings. The van der Waals surface area contributed by atoms with Crippen LogP contribution in [0.15, 0.2) is 4.99 Å². The molecule has 2 rings (SSSR count). The molecular weight excluding hydrogens is 154 g/mol. The fourth-order valence-electron chi connectivity index (χ4n) is 2.17. The van der Waals surface area contributed by atoms with Crippen molar-refractivity contribution in [1.29, 1.82) is 0 Å². The Bertz CT molecular complexity index is 216. The molecule has 1 saturated heterocycles. The number of nitrogens with zero attached hydrogens (tertiary/aromatic N) is 2. The van der Waals surface area contributed by atoms with Crippen LogP contribution < -0.4 is 5.73 Å². The van der Waals surface area contributed by atoms with E-state index in [0.717, 1.165) is 19.3 Å². The highest BCUT2D eigenvalue weighted by atomic mass is 16.3. The van der Waals surface area contributed by atoms with Gasteiger partial charge in [0.2, 0.25) is 0 Å². The summed E-state index contributed by atoms with van der Waals surface area (Å²) in [5.41, 5.74) is 5.72. The van der Waals surface area contributed by atoms with E-state index in [0.29, 0.717) is 18.0 Å². The smallest absolute Gasteiger partial charge is 0.193 e. The minimum Gasteiger partial charge on any atom is -0.374 e. The zero-order chi connectivity index (χ0) is 8.72. The van der Waals surface area contributed by atoms with Gasteiger partial charge in [-0.2, -0.15) is 0 Å². The van der Waals surface area contributed by atoms with Gasteiger partial charge in [-0.15, -0.1) is 0 Å². The van der Waals surface area contributed by atoms with Gasteiger partial charge in [0, 0.05) is 6.04 Å². The van der Waals surface area contributed by atoms with Crippen molar-refractivity contribution in [3.8, 4) is 0 Å². The van der Waals surface area contributed by atoms with E-state index in [4.69, 9.17) is 5.73 Å². The topological polar surface area (TPSA) is 61.8 Å². The van der Waals surface area contributed by atoms with E-state index in [-0.39, 0.29) is 0 Å². The van der Waals surface area contributed by atoms with E-state index in [2.05, 4.69) is 11.9 Å². The average Bonchev–Trinajstić information content (AvgIpc) is 2.31. The maximum Gasteiger partial charge on any atom is 0.193 e. The Balaban J connectivity index is 2.22. The quantitative estimate of drug-likeness (QED) is 0.531. The van der Waals surface area contributed by atoms with E-state index in [9.17, 15) is 5.11 Å². The van der Waals surface area contributed by atoms with Gasteiger partial charge in [-0.3, -0.25) is 4.99 Å². The predicted molar refractivity (Wildman–Crippen MR) is 46.6 cm³/mol. The van der Waals surface area contributed by atoms with Crippen LogP contribution >= 0.6 is 0 Å². The maximum atomic E-state index is 9.55. The van der Waals surface area contributed by atoms with Crippen LogP contribution in [0.3, 0.4) is 0 Å². The van der Waals surface area contributed by atoms with Crippen LogP contribution in [-0.4, -0.2) is 34.3 Å². The minimum atomic E-state index is -0.397. The third-order valence-corrected chi connectivity index (χ3v) is 2.70. The van der Waals surface area contributed by atoms with Crippen molar-refractivity contribution >= 4 is 5.96 Å². The van der Waals surface area contributed by atoms with Crippen molar-refractivity contribution in [2.24, 2.45) is 10.7 Å². The Morgan fingerprint density at radius 3 is 3.08 bits per heavy atom. The predicted octanol–water partition coefficient (Wildman–Crippen LogP) is -0.124. The molecule has 0 aromatic rings. The standard InChI is InChI=1S/C8H15N3O/c1-5-4-6-2-3-7(12)11(6)8(9)10-5/h5-7,12H,2-4H2,1H3,(H2,9,10). The lowest BCUT2D eigenvalue weighted by molar-refractivity contribution is 0.0622. The van der Waals surface area contributed by atoms with Crippen molar-refractivity contribution in [2.75, 3.05) is 0 Å². The number of aliphatic hydroxyl groups excluding tert-OH is 1. The molecule has 68 valence electrons. The molecule has 4 nitrogen and oxygen atoms in total. The Kier molecular flexibility index (Phi) is 1.72. The number of fused-ring (bicyclic) bond motifs is 1. The first-order chi connectivity index (χ1) is 5.68. The fraction of sp³-hybridized carbons (Fsp3) is 0.875. The van der Waals surface area contributed by atoms with Crippen molar-refractivity contribution < 1.29 is 5.11 Å². The Morgan fingerprint density at radius 1 is 1.58 bits per heavy atom. The van der Waals surface area contributed by atoms with Gasteiger partial charge in [-0.25, -0.2) is 0 Å². The normalized spacial score (nSPS) is 41.0. The van der Waals surface area contributed by atoms with Crippen molar-refractivity contribution in [1.82, 2.24) is 4.90 Å². The van der Waals surface area contributed by atoms with Gasteiger partial charge in [-0.1, -0.05) is 0 Å². The summed E-state index contributed by atoms with van der Waals surface area (Å²) >= 11 is 0. The SMILES string of the molecule is CC1CC2CCC(O)N2C(N)=N1. The van der Waals surface area contributed by atoms with Crippen LogP contribution in [0, 0.1) is 0 Å². The molecule has 12 heavy (non-hydrogen) atoms. The number of guanidine groups is 1. The van der Waals surface area contributed by atoms with E-state index in [1.807, 2.05) is 4.90 Å². The summed E-state index contributed by atoms with van der Waals surface area (Å²) in [6.07, 6.45) is 2.50. The first kappa shape index (κ1) is 7.86. The first-order valence-corrected chi connectivity index (χ1v) is 4.48. The highest BCUT2D eigenvalue weighted by molar-refractivity contribution is 5.79. The Hall–Kier alpha value is -0.770. The van der Waals surface area contributed by atoms with Crippen molar-refractivity contribution in [3.05, 3.63) is 0 Å². The molecule has 4 heteroatoms. The Morgan fingerprint density at radius 2 is 2.33 bits per heavy atom. The van der Waals surface area contributed by atoms with E-state index in [1.165, 1.54) is 0 Å². The summed E-state index contributed by atoms with van der Waals surface area (Å²) in [7, 11) is 0. The molecule has 0 radical (unpaired) electrons. The zero-order valence-electron chi connectivity index (χ0n) is 7.27. The first-order valence-electron chi connectivity index (χ1n) is 4.48. The second kappa shape index (κ2) is 2.62. The van der Waals surface area contributed by atoms with Crippen LogP contribution in [0.1, 0.15) is 26.2 Å². The monoisotopic (exact) mass is 169 g/mol. The number of hydrogen-bond donors (Lipinski definition) is 2. The maximum absolute atomic E-state index is 9.55. The van der Waals surface area contributed by atoms with E-state index >= 15 is 0 Å². The summed E-state index contributed by atoms with van der Waals surface area (Å²) in [5.74, 6) is 0.517. The highest BCUT2D eigenvalue weighted by Crippen LogP contribution is 2.28. The van der Waals surface area contributed by atoms with Crippen LogP contribution in [0.2, 0.25) is 0 Å². The molecule has 3 atom stereocenters. The summed E-state index contributed by atoms with van der Waals surface area (Å²) in [6.45, 7) is 2.06. The van der Waals surface area contributed by atoms with Crippen LogP contribution in [0.4, 0.5) is 0 Å². The molecule has 0 spiro atoms. The molecule has 2 aliphatic rings. The van der Waals surface area contributed by atoms with Gasteiger partial charge in [-0.05, 0) is 26.2 Å². The highest BCUT2D eigenvalue weighted by Gasteiger charge is 2.36. The molecule has 2 heterocycles. The minimum absolute atomic E-state index is 0.316. The van der Waals surface area contributed by atoms with Crippen LogP contribution in [0.5, 0.6) is 0 Å². The lowest BCUT2D eigenvalue weighted by Gasteiger charge is -2.33. The fourth-order valence-corrected chi connectivity index (χ4v) is 2.17. The molecule has 2 aliphatic heterocycles. The van der Waals surface area contributed by atoms with Gasteiger partial charge in [0.15, 0.2) is 5.96 Å². The molecule has 0 bridgehead atoms. The summed E-state index contributed by atoms with van der Waals surface area (Å²) < 4.78 is 0. The molecule has 0 aromatic heterocycles. The molecule has 3 unspecified atom stereocenters. The van der Waals surface area contributed by atoms with Crippen molar-refractivity contribution in [3.63, 3.8) is 0 Å². The second-order valence-electron chi connectivity index (χ2n) is 3.69. The third kappa shape index (κ3) is 1.06. The van der Waals surface area contributed by atoms with Gasteiger partial charge in [0.1, 0.15) is 6.23 Å². The zero-order valence-corrected chi connectivity index (χ0v) is 7.27. The Labute approximate surface area is 72.1 Å². The summed E-state index contributed by atoms with van der Waals surface area (Å²) in [6, 6.07) is 0.740. The lowest BCUT2D eigenvalue weighted by Crippen LogP contribution is -2.49. The summed E-state index contributed by atoms with van der Waals surface area (Å²) in [5, 5.41) is 9.55.